The lowest BCUT2D eigenvalue weighted by atomic mass is 9.74. The number of hydrogen-bond donors (Lipinski definition) is 1. The third kappa shape index (κ3) is 5.20. The van der Waals surface area contributed by atoms with Crippen LogP contribution in [-0.4, -0.2) is 32.8 Å². The molecule has 0 saturated carbocycles. The molecule has 166 valence electrons. The van der Waals surface area contributed by atoms with Gasteiger partial charge in [-0.2, -0.15) is 0 Å². The van der Waals surface area contributed by atoms with E-state index in [0.717, 1.165) is 42.9 Å². The first-order valence-corrected chi connectivity index (χ1v) is 11.3. The Bertz CT molecular complexity index is 980. The van der Waals surface area contributed by atoms with Crippen molar-refractivity contribution in [2.45, 2.75) is 30.6 Å². The van der Waals surface area contributed by atoms with Crippen LogP contribution in [0.5, 0.6) is 5.75 Å². The molecular weight excluding hydrogens is 398 g/mol. The minimum absolute atomic E-state index is 0.00975. The summed E-state index contributed by atoms with van der Waals surface area (Å²) in [6.45, 7) is 2.08. The summed E-state index contributed by atoms with van der Waals surface area (Å²) in [4.78, 5) is 13.2. The number of rotatable bonds is 8. The average molecular weight is 430 g/mol. The molecule has 4 nitrogen and oxygen atoms in total. The van der Waals surface area contributed by atoms with E-state index in [2.05, 4.69) is 41.7 Å². The molecule has 4 heteroatoms. The Morgan fingerprint density at radius 3 is 2.12 bits per heavy atom. The summed E-state index contributed by atoms with van der Waals surface area (Å²) >= 11 is 0. The fourth-order valence-corrected chi connectivity index (χ4v) is 4.60. The first kappa shape index (κ1) is 22.1. The molecule has 1 fully saturated rings. The van der Waals surface area contributed by atoms with Gasteiger partial charge in [-0.3, -0.25) is 4.79 Å². The van der Waals surface area contributed by atoms with Crippen molar-refractivity contribution in [1.29, 1.82) is 0 Å². The van der Waals surface area contributed by atoms with Crippen LogP contribution < -0.4 is 10.1 Å². The van der Waals surface area contributed by atoms with E-state index in [1.807, 2.05) is 48.5 Å². The van der Waals surface area contributed by atoms with E-state index in [1.54, 1.807) is 7.11 Å². The highest BCUT2D eigenvalue weighted by Crippen LogP contribution is 2.35. The lowest BCUT2D eigenvalue weighted by Crippen LogP contribution is -2.44. The number of carbonyl (C=O) groups is 1. The summed E-state index contributed by atoms with van der Waals surface area (Å²) in [5.74, 6) is 0.871. The minimum Gasteiger partial charge on any atom is -0.497 e. The van der Waals surface area contributed by atoms with Gasteiger partial charge in [-0.1, -0.05) is 72.8 Å². The summed E-state index contributed by atoms with van der Waals surface area (Å²) in [7, 11) is 1.66. The molecule has 3 aromatic carbocycles. The predicted molar refractivity (Wildman–Crippen MR) is 127 cm³/mol. The topological polar surface area (TPSA) is 47.6 Å². The lowest BCUT2D eigenvalue weighted by molar-refractivity contribution is -0.121. The molecule has 1 atom stereocenters. The van der Waals surface area contributed by atoms with Crippen molar-refractivity contribution in [1.82, 2.24) is 5.32 Å². The minimum atomic E-state index is -0.0719. The van der Waals surface area contributed by atoms with Crippen molar-refractivity contribution in [3.63, 3.8) is 0 Å². The average Bonchev–Trinajstić information content (AvgIpc) is 2.88. The molecule has 1 heterocycles. The number of benzene rings is 3. The number of amides is 1. The Labute approximate surface area is 190 Å². The van der Waals surface area contributed by atoms with Gasteiger partial charge in [-0.05, 0) is 41.7 Å². The van der Waals surface area contributed by atoms with Gasteiger partial charge >= 0.3 is 0 Å². The second kappa shape index (κ2) is 10.5. The van der Waals surface area contributed by atoms with Crippen LogP contribution in [0.4, 0.5) is 0 Å². The molecule has 32 heavy (non-hydrogen) atoms. The van der Waals surface area contributed by atoms with Crippen molar-refractivity contribution in [2.24, 2.45) is 0 Å². The number of carbonyl (C=O) groups excluding carboxylic acids is 1. The van der Waals surface area contributed by atoms with Gasteiger partial charge in [0.15, 0.2) is 0 Å². The van der Waals surface area contributed by atoms with E-state index in [0.29, 0.717) is 13.0 Å². The third-order valence-electron chi connectivity index (χ3n) is 6.57. The largest absolute Gasteiger partial charge is 0.497 e. The summed E-state index contributed by atoms with van der Waals surface area (Å²) in [5.41, 5.74) is 3.45. The molecule has 3 aromatic rings. The van der Waals surface area contributed by atoms with Gasteiger partial charge in [0, 0.05) is 37.5 Å². The first-order chi connectivity index (χ1) is 15.7. The van der Waals surface area contributed by atoms with Crippen molar-refractivity contribution < 1.29 is 14.3 Å². The Morgan fingerprint density at radius 2 is 1.50 bits per heavy atom. The maximum Gasteiger partial charge on any atom is 0.220 e. The van der Waals surface area contributed by atoms with E-state index in [9.17, 15) is 4.79 Å². The fraction of sp³-hybridized carbons (Fsp3) is 0.321. The second-order valence-electron chi connectivity index (χ2n) is 8.48. The molecule has 0 unspecified atom stereocenters. The van der Waals surface area contributed by atoms with Crippen molar-refractivity contribution >= 4 is 5.91 Å². The zero-order chi connectivity index (χ0) is 22.2. The van der Waals surface area contributed by atoms with E-state index < -0.39 is 0 Å². The number of ether oxygens (including phenoxy) is 2. The standard InChI is InChI=1S/C28H31NO3/c1-31-25-14-12-23(13-15-25)26(22-8-4-2-5-9-22)20-27(30)29-21-28(16-18-32-19-17-28)24-10-6-3-7-11-24/h2-15,26H,16-21H2,1H3,(H,29,30)/t26-/m1/s1. The fourth-order valence-electron chi connectivity index (χ4n) is 4.60. The Balaban J connectivity index is 1.50. The van der Waals surface area contributed by atoms with Gasteiger partial charge in [0.25, 0.3) is 0 Å². The van der Waals surface area contributed by atoms with E-state index in [1.165, 1.54) is 5.56 Å². The zero-order valence-electron chi connectivity index (χ0n) is 18.6. The summed E-state index contributed by atoms with van der Waals surface area (Å²) in [6, 6.07) is 28.8. The molecule has 0 aromatic heterocycles. The van der Waals surface area contributed by atoms with Crippen LogP contribution in [0.3, 0.4) is 0 Å². The van der Waals surface area contributed by atoms with Crippen LogP contribution in [0.25, 0.3) is 0 Å². The molecule has 0 spiro atoms. The third-order valence-corrected chi connectivity index (χ3v) is 6.57. The molecular formula is C28H31NO3. The van der Waals surface area contributed by atoms with Gasteiger partial charge in [-0.15, -0.1) is 0 Å². The first-order valence-electron chi connectivity index (χ1n) is 11.3. The molecule has 0 bridgehead atoms. The van der Waals surface area contributed by atoms with Gasteiger partial charge in [-0.25, -0.2) is 0 Å². The van der Waals surface area contributed by atoms with Gasteiger partial charge in [0.05, 0.1) is 7.11 Å². The summed E-state index contributed by atoms with van der Waals surface area (Å²) < 4.78 is 10.9. The Morgan fingerprint density at radius 1 is 0.906 bits per heavy atom. The molecule has 0 aliphatic carbocycles. The van der Waals surface area contributed by atoms with Crippen LogP contribution in [0, 0.1) is 0 Å². The smallest absolute Gasteiger partial charge is 0.220 e. The van der Waals surface area contributed by atoms with Gasteiger partial charge in [0.1, 0.15) is 5.75 Å². The highest BCUT2D eigenvalue weighted by molar-refractivity contribution is 5.77. The SMILES string of the molecule is COc1ccc([C@H](CC(=O)NCC2(c3ccccc3)CCOCC2)c2ccccc2)cc1. The summed E-state index contributed by atoms with van der Waals surface area (Å²) in [5, 5.41) is 3.27. The lowest BCUT2D eigenvalue weighted by Gasteiger charge is -2.38. The van der Waals surface area contributed by atoms with Gasteiger partial charge < -0.3 is 14.8 Å². The normalized spacial score (nSPS) is 16.2. The number of methoxy groups -OCH3 is 1. The highest BCUT2D eigenvalue weighted by atomic mass is 16.5. The number of nitrogens with one attached hydrogen (secondary N) is 1. The molecule has 4 rings (SSSR count). The molecule has 1 amide bonds. The molecule has 1 aliphatic rings. The summed E-state index contributed by atoms with van der Waals surface area (Å²) in [6.07, 6.45) is 2.23. The highest BCUT2D eigenvalue weighted by Gasteiger charge is 2.35. The van der Waals surface area contributed by atoms with Crippen molar-refractivity contribution in [3.05, 3.63) is 102 Å². The molecule has 1 N–H and O–H groups in total. The van der Waals surface area contributed by atoms with E-state index >= 15 is 0 Å². The van der Waals surface area contributed by atoms with Crippen LogP contribution in [-0.2, 0) is 14.9 Å². The van der Waals surface area contributed by atoms with E-state index in [-0.39, 0.29) is 17.2 Å². The molecule has 1 saturated heterocycles. The predicted octanol–water partition coefficient (Wildman–Crippen LogP) is 5.08. The zero-order valence-corrected chi connectivity index (χ0v) is 18.6. The van der Waals surface area contributed by atoms with Crippen LogP contribution in [0.2, 0.25) is 0 Å². The van der Waals surface area contributed by atoms with Crippen molar-refractivity contribution in [2.75, 3.05) is 26.9 Å². The second-order valence-corrected chi connectivity index (χ2v) is 8.48. The van der Waals surface area contributed by atoms with Crippen LogP contribution >= 0.6 is 0 Å². The monoisotopic (exact) mass is 429 g/mol. The molecule has 0 radical (unpaired) electrons. The van der Waals surface area contributed by atoms with Crippen LogP contribution in [0.15, 0.2) is 84.9 Å². The maximum atomic E-state index is 13.2. The maximum absolute atomic E-state index is 13.2. The quantitative estimate of drug-likeness (QED) is 0.543. The van der Waals surface area contributed by atoms with Gasteiger partial charge in [0.2, 0.25) is 5.91 Å². The van der Waals surface area contributed by atoms with Crippen LogP contribution in [0.1, 0.15) is 41.9 Å². The Hall–Kier alpha value is -3.11. The molecule has 1 aliphatic heterocycles. The Kier molecular flexibility index (Phi) is 7.23. The number of hydrogen-bond acceptors (Lipinski definition) is 3. The van der Waals surface area contributed by atoms with E-state index in [4.69, 9.17) is 9.47 Å². The van der Waals surface area contributed by atoms with Crippen molar-refractivity contribution in [3.8, 4) is 5.75 Å².